The normalized spacial score (nSPS) is 18.5. The first-order valence-electron chi connectivity index (χ1n) is 11.8. The molecule has 1 atom stereocenters. The van der Waals surface area contributed by atoms with Gasteiger partial charge in [-0.25, -0.2) is 0 Å². The second-order valence-corrected chi connectivity index (χ2v) is 8.72. The van der Waals surface area contributed by atoms with Gasteiger partial charge in [0.1, 0.15) is 6.04 Å². The lowest BCUT2D eigenvalue weighted by atomic mass is 10.0. The quantitative estimate of drug-likeness (QED) is 0.727. The number of nitrogens with one attached hydrogen (secondary N) is 1. The minimum Gasteiger partial charge on any atom is -0.341 e. The highest BCUT2D eigenvalue weighted by molar-refractivity contribution is 5.93. The Labute approximate surface area is 191 Å². The third kappa shape index (κ3) is 5.37. The first-order chi connectivity index (χ1) is 15.7. The largest absolute Gasteiger partial charge is 0.341 e. The van der Waals surface area contributed by atoms with Crippen LogP contribution in [0.1, 0.15) is 36.9 Å². The molecule has 0 radical (unpaired) electrons. The molecule has 170 valence electrons. The maximum Gasteiger partial charge on any atom is 0.244 e. The standard InChI is InChI=1S/C26H34N4O2/c1-2-21-10-6-7-13-23(21)27-24(31)20-28-16-18-29(19-17-28)25(22-11-4-3-5-12-22)26(32)30-14-8-9-15-30/h3-7,10-13,25H,2,8-9,14-20H2,1H3,(H,27,31)/t25-/m0/s1. The second-order valence-electron chi connectivity index (χ2n) is 8.72. The highest BCUT2D eigenvalue weighted by atomic mass is 16.2. The minimum absolute atomic E-state index is 0.0205. The number of carbonyl (C=O) groups excluding carboxylic acids is 2. The number of hydrogen-bond donors (Lipinski definition) is 1. The van der Waals surface area contributed by atoms with Crippen molar-refractivity contribution in [2.24, 2.45) is 0 Å². The molecule has 0 bridgehead atoms. The Morgan fingerprint density at radius 3 is 2.22 bits per heavy atom. The van der Waals surface area contributed by atoms with Gasteiger partial charge in [0.15, 0.2) is 0 Å². The van der Waals surface area contributed by atoms with E-state index in [0.717, 1.165) is 75.3 Å². The van der Waals surface area contributed by atoms with Gasteiger partial charge in [0.05, 0.1) is 6.54 Å². The van der Waals surface area contributed by atoms with Crippen molar-refractivity contribution in [3.63, 3.8) is 0 Å². The van der Waals surface area contributed by atoms with Gasteiger partial charge in [-0.05, 0) is 36.5 Å². The Kier molecular flexibility index (Phi) is 7.55. The summed E-state index contributed by atoms with van der Waals surface area (Å²) in [6, 6.07) is 17.9. The highest BCUT2D eigenvalue weighted by Crippen LogP contribution is 2.26. The molecular weight excluding hydrogens is 400 g/mol. The van der Waals surface area contributed by atoms with Crippen LogP contribution in [0.3, 0.4) is 0 Å². The molecule has 2 saturated heterocycles. The first-order valence-corrected chi connectivity index (χ1v) is 11.8. The molecule has 2 fully saturated rings. The Morgan fingerprint density at radius 1 is 0.875 bits per heavy atom. The molecule has 0 saturated carbocycles. The van der Waals surface area contributed by atoms with Gasteiger partial charge in [-0.3, -0.25) is 19.4 Å². The molecule has 2 aromatic rings. The Hall–Kier alpha value is -2.70. The van der Waals surface area contributed by atoms with E-state index in [1.165, 1.54) is 0 Å². The minimum atomic E-state index is -0.235. The molecule has 0 unspecified atom stereocenters. The van der Waals surface area contributed by atoms with Crippen LogP contribution < -0.4 is 5.32 Å². The SMILES string of the molecule is CCc1ccccc1NC(=O)CN1CCN([C@H](C(=O)N2CCCC2)c2ccccc2)CC1. The van der Waals surface area contributed by atoms with Crippen LogP contribution in [0.2, 0.25) is 0 Å². The summed E-state index contributed by atoms with van der Waals surface area (Å²) >= 11 is 0. The molecule has 0 aromatic heterocycles. The van der Waals surface area contributed by atoms with Crippen molar-refractivity contribution in [2.75, 3.05) is 51.1 Å². The van der Waals surface area contributed by atoms with E-state index in [4.69, 9.17) is 0 Å². The zero-order valence-corrected chi connectivity index (χ0v) is 19.0. The molecular formula is C26H34N4O2. The van der Waals surface area contributed by atoms with E-state index in [2.05, 4.69) is 40.2 Å². The van der Waals surface area contributed by atoms with E-state index in [-0.39, 0.29) is 17.9 Å². The predicted octanol–water partition coefficient (Wildman–Crippen LogP) is 3.17. The molecule has 0 aliphatic carbocycles. The molecule has 1 N–H and O–H groups in total. The zero-order valence-electron chi connectivity index (χ0n) is 19.0. The van der Waals surface area contributed by atoms with Crippen molar-refractivity contribution in [1.29, 1.82) is 0 Å². The lowest BCUT2D eigenvalue weighted by Crippen LogP contribution is -2.52. The van der Waals surface area contributed by atoms with Gasteiger partial charge < -0.3 is 10.2 Å². The van der Waals surface area contributed by atoms with Crippen LogP contribution in [0.5, 0.6) is 0 Å². The van der Waals surface area contributed by atoms with Crippen molar-refractivity contribution >= 4 is 17.5 Å². The molecule has 2 heterocycles. The highest BCUT2D eigenvalue weighted by Gasteiger charge is 2.34. The first kappa shape index (κ1) is 22.5. The summed E-state index contributed by atoms with van der Waals surface area (Å²) in [4.78, 5) is 32.5. The number of benzene rings is 2. The number of carbonyl (C=O) groups is 2. The Bertz CT molecular complexity index is 903. The van der Waals surface area contributed by atoms with Gasteiger partial charge in [0, 0.05) is 45.0 Å². The maximum absolute atomic E-state index is 13.4. The lowest BCUT2D eigenvalue weighted by molar-refractivity contribution is -0.137. The van der Waals surface area contributed by atoms with E-state index in [1.807, 2.05) is 41.3 Å². The summed E-state index contributed by atoms with van der Waals surface area (Å²) in [5.74, 6) is 0.239. The number of rotatable bonds is 7. The topological polar surface area (TPSA) is 55.9 Å². The Balaban J connectivity index is 1.36. The van der Waals surface area contributed by atoms with Gasteiger partial charge in [-0.2, -0.15) is 0 Å². The van der Waals surface area contributed by atoms with Crippen LogP contribution in [0.25, 0.3) is 0 Å². The molecule has 6 nitrogen and oxygen atoms in total. The molecule has 2 amide bonds. The van der Waals surface area contributed by atoms with Crippen LogP contribution in [0, 0.1) is 0 Å². The summed E-state index contributed by atoms with van der Waals surface area (Å²) in [6.07, 6.45) is 3.08. The van der Waals surface area contributed by atoms with E-state index in [9.17, 15) is 9.59 Å². The number of hydrogen-bond acceptors (Lipinski definition) is 4. The summed E-state index contributed by atoms with van der Waals surface area (Å²) in [5.41, 5.74) is 3.11. The third-order valence-electron chi connectivity index (χ3n) is 6.58. The van der Waals surface area contributed by atoms with Gasteiger partial charge >= 0.3 is 0 Å². The molecule has 6 heteroatoms. The van der Waals surface area contributed by atoms with E-state index >= 15 is 0 Å². The molecule has 2 aliphatic heterocycles. The van der Waals surface area contributed by atoms with Crippen LogP contribution in [-0.2, 0) is 16.0 Å². The smallest absolute Gasteiger partial charge is 0.244 e. The van der Waals surface area contributed by atoms with Gasteiger partial charge in [0.2, 0.25) is 11.8 Å². The third-order valence-corrected chi connectivity index (χ3v) is 6.58. The molecule has 32 heavy (non-hydrogen) atoms. The maximum atomic E-state index is 13.4. The summed E-state index contributed by atoms with van der Waals surface area (Å²) in [6.45, 7) is 7.30. The van der Waals surface area contributed by atoms with Crippen molar-refractivity contribution in [2.45, 2.75) is 32.2 Å². The second kappa shape index (κ2) is 10.7. The number of anilines is 1. The number of nitrogens with zero attached hydrogens (tertiary/aromatic N) is 3. The van der Waals surface area contributed by atoms with E-state index in [1.54, 1.807) is 0 Å². The molecule has 2 aromatic carbocycles. The zero-order chi connectivity index (χ0) is 22.3. The van der Waals surface area contributed by atoms with Crippen molar-refractivity contribution < 1.29 is 9.59 Å². The average Bonchev–Trinajstić information content (AvgIpc) is 3.36. The number of piperazine rings is 1. The van der Waals surface area contributed by atoms with Crippen LogP contribution in [-0.4, -0.2) is 72.3 Å². The molecule has 4 rings (SSSR count). The van der Waals surface area contributed by atoms with Crippen molar-refractivity contribution in [1.82, 2.24) is 14.7 Å². The van der Waals surface area contributed by atoms with E-state index < -0.39 is 0 Å². The fourth-order valence-corrected chi connectivity index (χ4v) is 4.78. The molecule has 2 aliphatic rings. The molecule has 0 spiro atoms. The Morgan fingerprint density at radius 2 is 1.53 bits per heavy atom. The summed E-state index contributed by atoms with van der Waals surface area (Å²) in [5, 5.41) is 3.07. The van der Waals surface area contributed by atoms with E-state index in [0.29, 0.717) is 6.54 Å². The lowest BCUT2D eigenvalue weighted by Gasteiger charge is -2.39. The van der Waals surface area contributed by atoms with Crippen LogP contribution in [0.15, 0.2) is 54.6 Å². The summed E-state index contributed by atoms with van der Waals surface area (Å²) < 4.78 is 0. The van der Waals surface area contributed by atoms with Crippen LogP contribution >= 0.6 is 0 Å². The fraction of sp³-hybridized carbons (Fsp3) is 0.462. The van der Waals surface area contributed by atoms with Crippen molar-refractivity contribution in [3.8, 4) is 0 Å². The van der Waals surface area contributed by atoms with Crippen LogP contribution in [0.4, 0.5) is 5.69 Å². The number of amides is 2. The summed E-state index contributed by atoms with van der Waals surface area (Å²) in [7, 11) is 0. The van der Waals surface area contributed by atoms with Gasteiger partial charge in [-0.1, -0.05) is 55.5 Å². The van der Waals surface area contributed by atoms with Crippen molar-refractivity contribution in [3.05, 3.63) is 65.7 Å². The number of aryl methyl sites for hydroxylation is 1. The fourth-order valence-electron chi connectivity index (χ4n) is 4.78. The van der Waals surface area contributed by atoms with Gasteiger partial charge in [0.25, 0.3) is 0 Å². The number of para-hydroxylation sites is 1. The number of likely N-dealkylation sites (tertiary alicyclic amines) is 1. The predicted molar refractivity (Wildman–Crippen MR) is 127 cm³/mol. The monoisotopic (exact) mass is 434 g/mol. The average molecular weight is 435 g/mol. The van der Waals surface area contributed by atoms with Gasteiger partial charge in [-0.15, -0.1) is 0 Å².